The molecule has 0 aromatic rings. The molecular weight excluding hydrogens is 339 g/mol. The summed E-state index contributed by atoms with van der Waals surface area (Å²) >= 11 is 2.07. The third-order valence-corrected chi connectivity index (χ3v) is 3.59. The van der Waals surface area contributed by atoms with Gasteiger partial charge in [0.15, 0.2) is 0 Å². The Balaban J connectivity index is 2.03. The number of esters is 1. The number of halogens is 1. The molecule has 0 aromatic heterocycles. The first-order valence-corrected chi connectivity index (χ1v) is 6.67. The zero-order valence-electron chi connectivity index (χ0n) is 9.47. The molecule has 2 heterocycles. The first-order valence-electron chi connectivity index (χ1n) is 5.42. The number of hydrogen-bond acceptors (Lipinski definition) is 5. The second-order valence-corrected chi connectivity index (χ2v) is 5.04. The van der Waals surface area contributed by atoms with Crippen LogP contribution in [0.15, 0.2) is 10.2 Å². The molecule has 2 aliphatic heterocycles. The van der Waals surface area contributed by atoms with E-state index in [1.807, 2.05) is 0 Å². The minimum Gasteiger partial charge on any atom is -0.469 e. The molecule has 17 heavy (non-hydrogen) atoms. The Hall–Kier alpha value is -0.180. The lowest BCUT2D eigenvalue weighted by molar-refractivity contribution is -0.157. The van der Waals surface area contributed by atoms with E-state index in [1.54, 1.807) is 10.2 Å². The Bertz CT molecular complexity index is 326. The summed E-state index contributed by atoms with van der Waals surface area (Å²) in [4.78, 5) is 11.2. The fraction of sp³-hybridized carbons (Fsp3) is 0.727. The van der Waals surface area contributed by atoms with E-state index in [4.69, 9.17) is 9.47 Å². The van der Waals surface area contributed by atoms with Crippen LogP contribution in [0.3, 0.4) is 0 Å². The van der Waals surface area contributed by atoms with Crippen molar-refractivity contribution in [3.8, 4) is 0 Å². The van der Waals surface area contributed by atoms with E-state index in [0.717, 1.165) is 0 Å². The maximum atomic E-state index is 11.2. The van der Waals surface area contributed by atoms with E-state index in [-0.39, 0.29) is 18.5 Å². The number of ether oxygens (including phenoxy) is 3. The van der Waals surface area contributed by atoms with Crippen LogP contribution in [0, 0.1) is 0 Å². The summed E-state index contributed by atoms with van der Waals surface area (Å²) in [6.07, 6.45) is 1.17. The molecule has 1 N–H and O–H groups in total. The topological polar surface area (TPSA) is 68.3 Å². The summed E-state index contributed by atoms with van der Waals surface area (Å²) < 4.78 is 17.4. The largest absolute Gasteiger partial charge is 0.469 e. The van der Waals surface area contributed by atoms with Gasteiger partial charge in [-0.3, -0.25) is 4.79 Å². The van der Waals surface area contributed by atoms with Crippen LogP contribution in [0.25, 0.3) is 0 Å². The highest BCUT2D eigenvalue weighted by molar-refractivity contribution is 14.1. The molecule has 0 bridgehead atoms. The van der Waals surface area contributed by atoms with Gasteiger partial charge in [0.1, 0.15) is 17.8 Å². The van der Waals surface area contributed by atoms with Crippen LogP contribution < -0.4 is 0 Å². The summed E-state index contributed by atoms with van der Waals surface area (Å²) in [5.74, 6) is -0.306. The van der Waals surface area contributed by atoms with Crippen molar-refractivity contribution in [2.75, 3.05) is 13.7 Å². The summed E-state index contributed by atoms with van der Waals surface area (Å²) in [6, 6.07) is 0. The molecule has 2 aliphatic rings. The minimum atomic E-state index is -0.664. The molecule has 5 nitrogen and oxygen atoms in total. The third kappa shape index (κ3) is 2.81. The molecular formula is C11H15IO5. The average molecular weight is 354 g/mol. The van der Waals surface area contributed by atoms with Gasteiger partial charge < -0.3 is 19.3 Å². The zero-order chi connectivity index (χ0) is 12.5. The van der Waals surface area contributed by atoms with Crippen molar-refractivity contribution in [2.24, 2.45) is 0 Å². The predicted octanol–water partition coefficient (Wildman–Crippen LogP) is 0.786. The number of carbonyl (C=O) groups excluding carboxylic acids is 1. The Morgan fingerprint density at radius 1 is 1.71 bits per heavy atom. The van der Waals surface area contributed by atoms with Crippen LogP contribution in [0.5, 0.6) is 0 Å². The summed E-state index contributed by atoms with van der Waals surface area (Å²) in [6.45, 7) is 0.529. The van der Waals surface area contributed by atoms with Gasteiger partial charge in [-0.2, -0.15) is 0 Å². The Kier molecular flexibility index (Phi) is 4.06. The van der Waals surface area contributed by atoms with Gasteiger partial charge in [-0.25, -0.2) is 0 Å². The molecule has 2 fully saturated rings. The van der Waals surface area contributed by atoms with E-state index in [0.29, 0.717) is 13.0 Å². The van der Waals surface area contributed by atoms with E-state index in [2.05, 4.69) is 27.3 Å². The lowest BCUT2D eigenvalue weighted by Gasteiger charge is -2.36. The quantitative estimate of drug-likeness (QED) is 0.461. The monoisotopic (exact) mass is 354 g/mol. The molecule has 96 valence electrons. The lowest BCUT2D eigenvalue weighted by Crippen LogP contribution is -2.50. The van der Waals surface area contributed by atoms with Crippen LogP contribution in [0.4, 0.5) is 0 Å². The molecule has 6 heteroatoms. The van der Waals surface area contributed by atoms with Crippen molar-refractivity contribution < 1.29 is 24.1 Å². The Morgan fingerprint density at radius 2 is 2.41 bits per heavy atom. The molecule has 0 saturated carbocycles. The highest BCUT2D eigenvalue weighted by Gasteiger charge is 2.58. The molecule has 1 spiro atoms. The molecule has 2 rings (SSSR count). The Labute approximate surface area is 113 Å². The maximum Gasteiger partial charge on any atom is 0.308 e. The number of methoxy groups -OCH3 is 1. The number of hydrogen-bond donors (Lipinski definition) is 1. The van der Waals surface area contributed by atoms with Gasteiger partial charge in [-0.15, -0.1) is 0 Å². The number of aliphatic hydroxyl groups is 1. The second kappa shape index (κ2) is 5.21. The highest BCUT2D eigenvalue weighted by Crippen LogP contribution is 2.43. The zero-order valence-corrected chi connectivity index (χ0v) is 11.6. The maximum absolute atomic E-state index is 11.2. The van der Waals surface area contributed by atoms with Gasteiger partial charge in [0, 0.05) is 6.42 Å². The van der Waals surface area contributed by atoms with Gasteiger partial charge >= 0.3 is 5.97 Å². The number of epoxide rings is 1. The number of aliphatic hydroxyl groups excluding tert-OH is 1. The van der Waals surface area contributed by atoms with Gasteiger partial charge in [-0.1, -0.05) is 22.6 Å². The van der Waals surface area contributed by atoms with E-state index < -0.39 is 17.8 Å². The Morgan fingerprint density at radius 3 is 2.94 bits per heavy atom. The van der Waals surface area contributed by atoms with Crippen LogP contribution in [-0.4, -0.2) is 48.7 Å². The van der Waals surface area contributed by atoms with E-state index in [1.165, 1.54) is 7.11 Å². The molecule has 0 amide bonds. The molecule has 0 radical (unpaired) electrons. The second-order valence-electron chi connectivity index (χ2n) is 4.32. The smallest absolute Gasteiger partial charge is 0.308 e. The van der Waals surface area contributed by atoms with Gasteiger partial charge in [0.2, 0.25) is 0 Å². The van der Waals surface area contributed by atoms with Gasteiger partial charge in [-0.05, 0) is 10.2 Å². The lowest BCUT2D eigenvalue weighted by atomic mass is 9.88. The van der Waals surface area contributed by atoms with Crippen LogP contribution in [-0.2, 0) is 19.0 Å². The van der Waals surface area contributed by atoms with E-state index in [9.17, 15) is 9.90 Å². The fourth-order valence-electron chi connectivity index (χ4n) is 2.14. The molecule has 0 aromatic carbocycles. The van der Waals surface area contributed by atoms with Crippen molar-refractivity contribution in [2.45, 2.75) is 36.8 Å². The third-order valence-electron chi connectivity index (χ3n) is 3.17. The van der Waals surface area contributed by atoms with Crippen LogP contribution in [0.2, 0.25) is 0 Å². The van der Waals surface area contributed by atoms with Crippen molar-refractivity contribution >= 4 is 28.6 Å². The summed E-state index contributed by atoms with van der Waals surface area (Å²) in [5, 5.41) is 10.1. The first-order chi connectivity index (χ1) is 8.11. The van der Waals surface area contributed by atoms with E-state index >= 15 is 0 Å². The average Bonchev–Trinajstić information content (AvgIpc) is 3.06. The predicted molar refractivity (Wildman–Crippen MR) is 67.8 cm³/mol. The molecule has 0 aliphatic carbocycles. The molecule has 2 saturated heterocycles. The summed E-state index contributed by atoms with van der Waals surface area (Å²) in [5.41, 5.74) is -0.516. The number of rotatable bonds is 3. The van der Waals surface area contributed by atoms with Crippen molar-refractivity contribution in [3.05, 3.63) is 10.2 Å². The minimum absolute atomic E-state index is 0.194. The highest BCUT2D eigenvalue weighted by atomic mass is 127. The SMILES string of the molecule is COC(=O)C[C@@H]1C[C@@]2(CO2)[C@H](O)[C@@H](/C=C/I)O1. The normalized spacial score (nSPS) is 40.8. The van der Waals surface area contributed by atoms with Crippen molar-refractivity contribution in [1.29, 1.82) is 0 Å². The first kappa shape index (κ1) is 13.3. The number of carbonyl (C=O) groups is 1. The standard InChI is InChI=1S/C11H15IO5/c1-15-9(13)4-7-5-11(6-16-11)10(14)8(17-7)2-3-12/h2-3,7-8,10,14H,4-6H2,1H3/b3-2+/t7-,8-,10-,11-/m1/s1. The van der Waals surface area contributed by atoms with Crippen LogP contribution >= 0.6 is 22.6 Å². The van der Waals surface area contributed by atoms with Gasteiger partial charge in [0.25, 0.3) is 0 Å². The van der Waals surface area contributed by atoms with Crippen LogP contribution in [0.1, 0.15) is 12.8 Å². The molecule has 0 unspecified atom stereocenters. The van der Waals surface area contributed by atoms with Crippen molar-refractivity contribution in [1.82, 2.24) is 0 Å². The summed E-state index contributed by atoms with van der Waals surface area (Å²) in [7, 11) is 1.35. The van der Waals surface area contributed by atoms with Gasteiger partial charge in [0.05, 0.1) is 26.2 Å². The molecule has 4 atom stereocenters. The van der Waals surface area contributed by atoms with Crippen molar-refractivity contribution in [3.63, 3.8) is 0 Å². The fourth-order valence-corrected chi connectivity index (χ4v) is 2.55.